The first-order chi connectivity index (χ1) is 10.8. The Morgan fingerprint density at radius 1 is 1.18 bits per heavy atom. The van der Waals surface area contributed by atoms with E-state index in [4.69, 9.17) is 0 Å². The van der Waals surface area contributed by atoms with Crippen molar-refractivity contribution in [2.24, 2.45) is 0 Å². The fourth-order valence-corrected chi connectivity index (χ4v) is 2.88. The second-order valence-electron chi connectivity index (χ2n) is 5.47. The van der Waals surface area contributed by atoms with Crippen LogP contribution in [0.5, 0.6) is 0 Å². The van der Waals surface area contributed by atoms with Crippen LogP contribution in [0.15, 0.2) is 48.9 Å². The van der Waals surface area contributed by atoms with E-state index < -0.39 is 0 Å². The van der Waals surface area contributed by atoms with Crippen LogP contribution < -0.4 is 5.32 Å². The number of carbonyl (C=O) groups is 1. The molecule has 22 heavy (non-hydrogen) atoms. The predicted octanol–water partition coefficient (Wildman–Crippen LogP) is 2.04. The Morgan fingerprint density at radius 2 is 1.95 bits per heavy atom. The van der Waals surface area contributed by atoms with Crippen LogP contribution in [0.25, 0.3) is 0 Å². The zero-order valence-electron chi connectivity index (χ0n) is 12.5. The van der Waals surface area contributed by atoms with Gasteiger partial charge in [-0.1, -0.05) is 30.3 Å². The lowest BCUT2D eigenvalue weighted by Gasteiger charge is -2.28. The Kier molecular flexibility index (Phi) is 4.75. The normalized spacial score (nSPS) is 16.4. The summed E-state index contributed by atoms with van der Waals surface area (Å²) in [5, 5.41) is 2.99. The van der Waals surface area contributed by atoms with Gasteiger partial charge in [-0.2, -0.15) is 0 Å². The number of benzene rings is 1. The summed E-state index contributed by atoms with van der Waals surface area (Å²) in [6.07, 6.45) is 7.03. The Hall–Kier alpha value is -2.27. The van der Waals surface area contributed by atoms with Gasteiger partial charge in [0.1, 0.15) is 5.69 Å². The van der Waals surface area contributed by atoms with E-state index >= 15 is 0 Å². The van der Waals surface area contributed by atoms with Crippen molar-refractivity contribution < 1.29 is 4.79 Å². The van der Waals surface area contributed by atoms with Crippen molar-refractivity contribution in [3.8, 4) is 0 Å². The summed E-state index contributed by atoms with van der Waals surface area (Å²) in [6, 6.07) is 10.6. The van der Waals surface area contributed by atoms with Crippen LogP contribution in [-0.4, -0.2) is 40.4 Å². The summed E-state index contributed by atoms with van der Waals surface area (Å²) in [5.74, 6) is -0.173. The van der Waals surface area contributed by atoms with Crippen molar-refractivity contribution in [1.82, 2.24) is 20.2 Å². The summed E-state index contributed by atoms with van der Waals surface area (Å²) in [5.41, 5.74) is 1.60. The number of aromatic nitrogens is 2. The van der Waals surface area contributed by atoms with Crippen molar-refractivity contribution in [3.63, 3.8) is 0 Å². The molecule has 1 aromatic carbocycles. The predicted molar refractivity (Wildman–Crippen MR) is 84.4 cm³/mol. The Bertz CT molecular complexity index is 597. The topological polar surface area (TPSA) is 58.1 Å². The largest absolute Gasteiger partial charge is 0.349 e. The Balaban J connectivity index is 1.69. The molecule has 1 aliphatic heterocycles. The fraction of sp³-hybridized carbons (Fsp3) is 0.353. The molecule has 2 heterocycles. The molecule has 0 spiro atoms. The van der Waals surface area contributed by atoms with Gasteiger partial charge in [-0.25, -0.2) is 4.98 Å². The van der Waals surface area contributed by atoms with E-state index in [2.05, 4.69) is 32.3 Å². The average molecular weight is 296 g/mol. The minimum absolute atomic E-state index is 0.173. The molecule has 1 unspecified atom stereocenters. The minimum Gasteiger partial charge on any atom is -0.349 e. The third-order valence-corrected chi connectivity index (χ3v) is 4.02. The SMILES string of the molecule is O=C(NCC(c1ccccc1)N1CCCC1)c1cnccn1. The highest BCUT2D eigenvalue weighted by atomic mass is 16.1. The van der Waals surface area contributed by atoms with Crippen molar-refractivity contribution in [2.75, 3.05) is 19.6 Å². The lowest BCUT2D eigenvalue weighted by atomic mass is 10.1. The molecule has 2 aromatic rings. The molecule has 3 rings (SSSR count). The van der Waals surface area contributed by atoms with Gasteiger partial charge in [0.25, 0.3) is 5.91 Å². The van der Waals surface area contributed by atoms with Gasteiger partial charge < -0.3 is 5.32 Å². The van der Waals surface area contributed by atoms with Gasteiger partial charge in [-0.15, -0.1) is 0 Å². The van der Waals surface area contributed by atoms with E-state index in [1.165, 1.54) is 30.8 Å². The quantitative estimate of drug-likeness (QED) is 0.917. The summed E-state index contributed by atoms with van der Waals surface area (Å²) >= 11 is 0. The van der Waals surface area contributed by atoms with Crippen molar-refractivity contribution in [1.29, 1.82) is 0 Å². The smallest absolute Gasteiger partial charge is 0.271 e. The molecule has 0 radical (unpaired) electrons. The van der Waals surface area contributed by atoms with Crippen LogP contribution in [0.2, 0.25) is 0 Å². The molecule has 0 bridgehead atoms. The molecule has 5 heteroatoms. The average Bonchev–Trinajstić information content (AvgIpc) is 3.11. The van der Waals surface area contributed by atoms with E-state index in [1.807, 2.05) is 18.2 Å². The van der Waals surface area contributed by atoms with Crippen LogP contribution in [0.1, 0.15) is 34.9 Å². The van der Waals surface area contributed by atoms with E-state index in [9.17, 15) is 4.79 Å². The van der Waals surface area contributed by atoms with E-state index in [1.54, 1.807) is 6.20 Å². The third kappa shape index (κ3) is 3.49. The van der Waals surface area contributed by atoms with Crippen LogP contribution in [0.4, 0.5) is 0 Å². The third-order valence-electron chi connectivity index (χ3n) is 4.02. The zero-order chi connectivity index (χ0) is 15.2. The molecule has 1 fully saturated rings. The molecule has 0 aliphatic carbocycles. The molecule has 1 amide bonds. The maximum atomic E-state index is 12.2. The molecule has 5 nitrogen and oxygen atoms in total. The number of amides is 1. The summed E-state index contributed by atoms with van der Waals surface area (Å²) in [6.45, 7) is 2.75. The fourth-order valence-electron chi connectivity index (χ4n) is 2.88. The van der Waals surface area contributed by atoms with Gasteiger partial charge >= 0.3 is 0 Å². The second-order valence-corrected chi connectivity index (χ2v) is 5.47. The monoisotopic (exact) mass is 296 g/mol. The van der Waals surface area contributed by atoms with Crippen LogP contribution in [0, 0.1) is 0 Å². The van der Waals surface area contributed by atoms with Gasteiger partial charge in [-0.3, -0.25) is 14.7 Å². The van der Waals surface area contributed by atoms with E-state index in [0.717, 1.165) is 13.1 Å². The number of rotatable bonds is 5. The van der Waals surface area contributed by atoms with Gasteiger partial charge in [0, 0.05) is 18.9 Å². The number of nitrogens with zero attached hydrogens (tertiary/aromatic N) is 3. The number of carbonyl (C=O) groups excluding carboxylic acids is 1. The molecule has 114 valence electrons. The molecule has 1 atom stereocenters. The molecular weight excluding hydrogens is 276 g/mol. The van der Waals surface area contributed by atoms with E-state index in [-0.39, 0.29) is 11.9 Å². The zero-order valence-corrected chi connectivity index (χ0v) is 12.5. The second kappa shape index (κ2) is 7.13. The highest BCUT2D eigenvalue weighted by Crippen LogP contribution is 2.24. The van der Waals surface area contributed by atoms with Gasteiger partial charge in [0.05, 0.1) is 12.2 Å². The standard InChI is InChI=1S/C17H20N4O/c22-17(15-12-18-8-9-19-15)20-13-16(21-10-4-5-11-21)14-6-2-1-3-7-14/h1-3,6-9,12,16H,4-5,10-11,13H2,(H,20,22). The maximum absolute atomic E-state index is 12.2. The number of hydrogen-bond acceptors (Lipinski definition) is 4. The Labute approximate surface area is 130 Å². The van der Waals surface area contributed by atoms with Gasteiger partial charge in [0.2, 0.25) is 0 Å². The molecule has 1 aliphatic rings. The lowest BCUT2D eigenvalue weighted by Crippen LogP contribution is -2.37. The lowest BCUT2D eigenvalue weighted by molar-refractivity contribution is 0.0932. The van der Waals surface area contributed by atoms with Crippen molar-refractivity contribution in [2.45, 2.75) is 18.9 Å². The summed E-state index contributed by atoms with van der Waals surface area (Å²) < 4.78 is 0. The highest BCUT2D eigenvalue weighted by molar-refractivity contribution is 5.91. The first kappa shape index (κ1) is 14.7. The highest BCUT2D eigenvalue weighted by Gasteiger charge is 2.24. The number of hydrogen-bond donors (Lipinski definition) is 1. The number of likely N-dealkylation sites (tertiary alicyclic amines) is 1. The first-order valence-electron chi connectivity index (χ1n) is 7.68. The first-order valence-corrected chi connectivity index (χ1v) is 7.68. The summed E-state index contributed by atoms with van der Waals surface area (Å²) in [4.78, 5) is 22.6. The summed E-state index contributed by atoms with van der Waals surface area (Å²) in [7, 11) is 0. The number of nitrogens with one attached hydrogen (secondary N) is 1. The van der Waals surface area contributed by atoms with Crippen LogP contribution in [0.3, 0.4) is 0 Å². The molecule has 1 N–H and O–H groups in total. The van der Waals surface area contributed by atoms with Gasteiger partial charge in [-0.05, 0) is 31.5 Å². The van der Waals surface area contributed by atoms with Gasteiger partial charge in [0.15, 0.2) is 0 Å². The molecule has 1 saturated heterocycles. The van der Waals surface area contributed by atoms with Crippen molar-refractivity contribution in [3.05, 3.63) is 60.2 Å². The van der Waals surface area contributed by atoms with Crippen LogP contribution >= 0.6 is 0 Å². The molecule has 1 aromatic heterocycles. The molecular formula is C17H20N4O. The Morgan fingerprint density at radius 3 is 2.64 bits per heavy atom. The van der Waals surface area contributed by atoms with Crippen LogP contribution in [-0.2, 0) is 0 Å². The maximum Gasteiger partial charge on any atom is 0.271 e. The van der Waals surface area contributed by atoms with Crippen molar-refractivity contribution >= 4 is 5.91 Å². The molecule has 0 saturated carbocycles. The van der Waals surface area contributed by atoms with E-state index in [0.29, 0.717) is 12.2 Å². The minimum atomic E-state index is -0.173.